The summed E-state index contributed by atoms with van der Waals surface area (Å²) in [5.41, 5.74) is 2.42. The van der Waals surface area contributed by atoms with Crippen LogP contribution in [-0.2, 0) is 11.3 Å². The predicted molar refractivity (Wildman–Crippen MR) is 60.8 cm³/mol. The van der Waals surface area contributed by atoms with Crippen molar-refractivity contribution in [3.05, 3.63) is 23.3 Å². The first kappa shape index (κ1) is 10.6. The van der Waals surface area contributed by atoms with Crippen molar-refractivity contribution in [2.45, 2.75) is 32.1 Å². The van der Waals surface area contributed by atoms with E-state index in [2.05, 4.69) is 20.8 Å². The number of hydrogen-bond donors (Lipinski definition) is 0. The van der Waals surface area contributed by atoms with Crippen molar-refractivity contribution in [1.82, 2.24) is 0 Å². The lowest BCUT2D eigenvalue weighted by Crippen LogP contribution is -2.13. The molecule has 0 aliphatic carbocycles. The lowest BCUT2D eigenvalue weighted by molar-refractivity contribution is 0.174. The predicted octanol–water partition coefficient (Wildman–Crippen LogP) is 3.45. The van der Waals surface area contributed by atoms with Crippen LogP contribution in [0.1, 0.15) is 31.9 Å². The molecular weight excluding hydrogens is 212 g/mol. The molecule has 0 unspecified atom stereocenters. The van der Waals surface area contributed by atoms with E-state index in [4.69, 9.17) is 21.1 Å². The molecule has 0 amide bonds. The van der Waals surface area contributed by atoms with Crippen LogP contribution in [0, 0.1) is 0 Å². The van der Waals surface area contributed by atoms with E-state index in [0.29, 0.717) is 12.7 Å². The maximum atomic E-state index is 5.94. The number of ether oxygens (including phenoxy) is 2. The van der Waals surface area contributed by atoms with E-state index in [0.717, 1.165) is 17.1 Å². The fourth-order valence-electron chi connectivity index (χ4n) is 1.79. The molecule has 0 spiro atoms. The Morgan fingerprint density at radius 3 is 2.33 bits per heavy atom. The lowest BCUT2D eigenvalue weighted by atomic mass is 9.84. The number of hydrogen-bond acceptors (Lipinski definition) is 2. The van der Waals surface area contributed by atoms with Gasteiger partial charge in [0.1, 0.15) is 0 Å². The molecule has 1 heterocycles. The maximum Gasteiger partial charge on any atom is 0.231 e. The second-order valence-corrected chi connectivity index (χ2v) is 5.01. The zero-order valence-electron chi connectivity index (χ0n) is 9.26. The summed E-state index contributed by atoms with van der Waals surface area (Å²) in [6.45, 7) is 6.81. The molecule has 1 aromatic rings. The van der Waals surface area contributed by atoms with Gasteiger partial charge in [0, 0.05) is 5.88 Å². The quantitative estimate of drug-likeness (QED) is 0.683. The molecule has 2 rings (SSSR count). The van der Waals surface area contributed by atoms with Crippen LogP contribution < -0.4 is 9.47 Å². The molecule has 15 heavy (non-hydrogen) atoms. The summed E-state index contributed by atoms with van der Waals surface area (Å²) in [6, 6.07) is 4.02. The second kappa shape index (κ2) is 3.60. The Balaban J connectivity index is 2.54. The topological polar surface area (TPSA) is 18.5 Å². The van der Waals surface area contributed by atoms with Crippen LogP contribution in [-0.4, -0.2) is 6.79 Å². The van der Waals surface area contributed by atoms with E-state index < -0.39 is 0 Å². The van der Waals surface area contributed by atoms with E-state index >= 15 is 0 Å². The Hall–Kier alpha value is -0.890. The van der Waals surface area contributed by atoms with Gasteiger partial charge >= 0.3 is 0 Å². The maximum absolute atomic E-state index is 5.94. The van der Waals surface area contributed by atoms with Gasteiger partial charge in [0.2, 0.25) is 6.79 Å². The second-order valence-electron chi connectivity index (χ2n) is 4.75. The Morgan fingerprint density at radius 2 is 1.80 bits per heavy atom. The van der Waals surface area contributed by atoms with Gasteiger partial charge in [-0.15, -0.1) is 11.6 Å². The van der Waals surface area contributed by atoms with E-state index in [-0.39, 0.29) is 5.41 Å². The molecule has 82 valence electrons. The molecule has 0 saturated carbocycles. The van der Waals surface area contributed by atoms with Gasteiger partial charge in [-0.1, -0.05) is 20.8 Å². The highest BCUT2D eigenvalue weighted by Gasteiger charge is 2.23. The standard InChI is InChI=1S/C12H15ClO2/c1-12(2,3)9-5-11-10(14-7-15-11)4-8(9)6-13/h4-5H,6-7H2,1-3H3. The van der Waals surface area contributed by atoms with Crippen LogP contribution in [0.4, 0.5) is 0 Å². The van der Waals surface area contributed by atoms with Crippen LogP contribution in [0.25, 0.3) is 0 Å². The molecule has 1 aliphatic heterocycles. The van der Waals surface area contributed by atoms with Crippen molar-refractivity contribution in [2.75, 3.05) is 6.79 Å². The molecule has 0 bridgehead atoms. The Labute approximate surface area is 95.1 Å². The largest absolute Gasteiger partial charge is 0.454 e. The summed E-state index contributed by atoms with van der Waals surface area (Å²) in [5, 5.41) is 0. The van der Waals surface area contributed by atoms with Gasteiger partial charge in [-0.3, -0.25) is 0 Å². The van der Waals surface area contributed by atoms with E-state index in [1.165, 1.54) is 5.56 Å². The zero-order valence-corrected chi connectivity index (χ0v) is 10.0. The van der Waals surface area contributed by atoms with Crippen molar-refractivity contribution in [1.29, 1.82) is 0 Å². The van der Waals surface area contributed by atoms with Crippen molar-refractivity contribution >= 4 is 11.6 Å². The summed E-state index contributed by atoms with van der Waals surface area (Å²) in [7, 11) is 0. The molecule has 2 nitrogen and oxygen atoms in total. The third-order valence-electron chi connectivity index (χ3n) is 2.55. The van der Waals surface area contributed by atoms with Gasteiger partial charge in [-0.25, -0.2) is 0 Å². The summed E-state index contributed by atoms with van der Waals surface area (Å²) in [6.07, 6.45) is 0. The summed E-state index contributed by atoms with van der Waals surface area (Å²) in [4.78, 5) is 0. The summed E-state index contributed by atoms with van der Waals surface area (Å²) in [5.74, 6) is 2.14. The van der Waals surface area contributed by atoms with Crippen molar-refractivity contribution in [2.24, 2.45) is 0 Å². The number of benzene rings is 1. The monoisotopic (exact) mass is 226 g/mol. The Morgan fingerprint density at radius 1 is 1.20 bits per heavy atom. The molecule has 0 N–H and O–H groups in total. The average Bonchev–Trinajstić information content (AvgIpc) is 2.60. The van der Waals surface area contributed by atoms with Gasteiger partial charge in [0.05, 0.1) is 0 Å². The van der Waals surface area contributed by atoms with Gasteiger partial charge in [-0.2, -0.15) is 0 Å². The zero-order chi connectivity index (χ0) is 11.1. The number of rotatable bonds is 1. The minimum Gasteiger partial charge on any atom is -0.454 e. The first-order valence-electron chi connectivity index (χ1n) is 5.01. The average molecular weight is 227 g/mol. The highest BCUT2D eigenvalue weighted by Crippen LogP contribution is 2.39. The van der Waals surface area contributed by atoms with Crippen molar-refractivity contribution in [3.63, 3.8) is 0 Å². The molecule has 1 aromatic carbocycles. The van der Waals surface area contributed by atoms with Gasteiger partial charge in [0.25, 0.3) is 0 Å². The summed E-state index contributed by atoms with van der Waals surface area (Å²) >= 11 is 5.94. The number of fused-ring (bicyclic) bond motifs is 1. The van der Waals surface area contributed by atoms with E-state index in [1.807, 2.05) is 12.1 Å². The molecule has 0 saturated heterocycles. The first-order chi connectivity index (χ1) is 7.02. The summed E-state index contributed by atoms with van der Waals surface area (Å²) < 4.78 is 10.7. The van der Waals surface area contributed by atoms with E-state index in [9.17, 15) is 0 Å². The third kappa shape index (κ3) is 1.91. The minimum atomic E-state index is 0.0746. The lowest BCUT2D eigenvalue weighted by Gasteiger charge is -2.22. The normalized spacial score (nSPS) is 14.4. The Kier molecular flexibility index (Phi) is 2.55. The molecule has 0 atom stereocenters. The molecule has 0 aromatic heterocycles. The molecule has 3 heteroatoms. The van der Waals surface area contributed by atoms with Crippen LogP contribution in [0.5, 0.6) is 11.5 Å². The van der Waals surface area contributed by atoms with Gasteiger partial charge in [-0.05, 0) is 28.7 Å². The van der Waals surface area contributed by atoms with Crippen molar-refractivity contribution in [3.8, 4) is 11.5 Å². The van der Waals surface area contributed by atoms with Crippen molar-refractivity contribution < 1.29 is 9.47 Å². The van der Waals surface area contributed by atoms with Crippen LogP contribution >= 0.6 is 11.6 Å². The fourth-order valence-corrected chi connectivity index (χ4v) is 2.01. The molecule has 0 fully saturated rings. The molecule has 1 aliphatic rings. The highest BCUT2D eigenvalue weighted by atomic mass is 35.5. The minimum absolute atomic E-state index is 0.0746. The van der Waals surface area contributed by atoms with Crippen LogP contribution in [0.15, 0.2) is 12.1 Å². The van der Waals surface area contributed by atoms with E-state index in [1.54, 1.807) is 0 Å². The van der Waals surface area contributed by atoms with Crippen LogP contribution in [0.3, 0.4) is 0 Å². The number of alkyl halides is 1. The SMILES string of the molecule is CC(C)(C)c1cc2c(cc1CCl)OCO2. The number of halogens is 1. The highest BCUT2D eigenvalue weighted by molar-refractivity contribution is 6.17. The van der Waals surface area contributed by atoms with Gasteiger partial charge in [0.15, 0.2) is 11.5 Å². The first-order valence-corrected chi connectivity index (χ1v) is 5.55. The smallest absolute Gasteiger partial charge is 0.231 e. The molecule has 0 radical (unpaired) electrons. The van der Waals surface area contributed by atoms with Crippen LogP contribution in [0.2, 0.25) is 0 Å². The third-order valence-corrected chi connectivity index (χ3v) is 2.84. The molecular formula is C12H15ClO2. The fraction of sp³-hybridized carbons (Fsp3) is 0.500. The Bertz CT molecular complexity index is 380. The van der Waals surface area contributed by atoms with Gasteiger partial charge < -0.3 is 9.47 Å².